The first-order chi connectivity index (χ1) is 8.61. The number of rotatable bonds is 2. The number of nitrogens with two attached hydrogens (primary N) is 1. The highest BCUT2D eigenvalue weighted by Crippen LogP contribution is 2.21. The number of carbonyl (C=O) groups is 1. The third-order valence-corrected chi connectivity index (χ3v) is 3.37. The van der Waals surface area contributed by atoms with Crippen LogP contribution in [0.25, 0.3) is 0 Å². The van der Waals surface area contributed by atoms with Crippen molar-refractivity contribution in [3.8, 4) is 0 Å². The van der Waals surface area contributed by atoms with E-state index in [1.807, 2.05) is 0 Å². The fraction of sp³-hybridized carbons (Fsp3) is 0.417. The van der Waals surface area contributed by atoms with Crippen molar-refractivity contribution in [2.45, 2.75) is 6.10 Å². The van der Waals surface area contributed by atoms with Crippen LogP contribution in [-0.2, 0) is 4.74 Å². The Morgan fingerprint density at radius 3 is 3.11 bits per heavy atom. The topological polar surface area (TPSA) is 75.8 Å². The number of morpholine rings is 1. The Labute approximate surface area is 114 Å². The van der Waals surface area contributed by atoms with E-state index >= 15 is 0 Å². The van der Waals surface area contributed by atoms with E-state index < -0.39 is 0 Å². The van der Waals surface area contributed by atoms with Gasteiger partial charge in [-0.25, -0.2) is 0 Å². The van der Waals surface area contributed by atoms with Crippen molar-refractivity contribution < 1.29 is 14.6 Å². The van der Waals surface area contributed by atoms with E-state index in [0.717, 1.165) is 4.47 Å². The van der Waals surface area contributed by atoms with Gasteiger partial charge in [-0.1, -0.05) is 15.9 Å². The molecule has 1 aliphatic rings. The van der Waals surface area contributed by atoms with E-state index in [0.29, 0.717) is 30.9 Å². The molecule has 1 aromatic carbocycles. The molecule has 3 N–H and O–H groups in total. The van der Waals surface area contributed by atoms with Crippen LogP contribution >= 0.6 is 15.9 Å². The third kappa shape index (κ3) is 2.82. The number of aliphatic hydroxyl groups is 1. The molecule has 0 saturated carbocycles. The molecule has 0 spiro atoms. The SMILES string of the molecule is Nc1ccc(Br)cc1C(=O)N1CCOC(CO)C1. The number of amides is 1. The van der Waals surface area contributed by atoms with Gasteiger partial charge in [0.05, 0.1) is 24.9 Å². The smallest absolute Gasteiger partial charge is 0.256 e. The first-order valence-electron chi connectivity index (χ1n) is 5.68. The second-order valence-corrected chi connectivity index (χ2v) is 5.07. The van der Waals surface area contributed by atoms with Gasteiger partial charge in [0.15, 0.2) is 0 Å². The monoisotopic (exact) mass is 314 g/mol. The Kier molecular flexibility index (Phi) is 4.21. The second kappa shape index (κ2) is 5.69. The molecule has 0 aliphatic carbocycles. The van der Waals surface area contributed by atoms with Crippen LogP contribution in [0.3, 0.4) is 0 Å². The van der Waals surface area contributed by atoms with Gasteiger partial charge in [0.1, 0.15) is 0 Å². The number of hydrogen-bond acceptors (Lipinski definition) is 4. The number of nitrogens with zero attached hydrogens (tertiary/aromatic N) is 1. The highest BCUT2D eigenvalue weighted by molar-refractivity contribution is 9.10. The number of nitrogen functional groups attached to an aromatic ring is 1. The minimum atomic E-state index is -0.309. The Morgan fingerprint density at radius 2 is 2.39 bits per heavy atom. The number of carbonyl (C=O) groups excluding carboxylic acids is 1. The number of halogens is 1. The van der Waals surface area contributed by atoms with Crippen molar-refractivity contribution in [1.29, 1.82) is 0 Å². The highest BCUT2D eigenvalue weighted by Gasteiger charge is 2.25. The lowest BCUT2D eigenvalue weighted by molar-refractivity contribution is -0.0447. The van der Waals surface area contributed by atoms with Gasteiger partial charge in [0.2, 0.25) is 0 Å². The molecule has 1 saturated heterocycles. The predicted octanol–water partition coefficient (Wildman–Crippen LogP) is 0.865. The molecular formula is C12H15BrN2O3. The van der Waals surface area contributed by atoms with Crippen LogP contribution in [0.15, 0.2) is 22.7 Å². The van der Waals surface area contributed by atoms with Gasteiger partial charge in [-0.3, -0.25) is 4.79 Å². The zero-order valence-corrected chi connectivity index (χ0v) is 11.4. The summed E-state index contributed by atoms with van der Waals surface area (Å²) in [5.74, 6) is -0.129. The summed E-state index contributed by atoms with van der Waals surface area (Å²) in [6.07, 6.45) is -0.309. The van der Waals surface area contributed by atoms with E-state index in [4.69, 9.17) is 15.6 Å². The van der Waals surface area contributed by atoms with Gasteiger partial charge in [0.25, 0.3) is 5.91 Å². The number of aliphatic hydroxyl groups excluding tert-OH is 1. The molecule has 1 amide bonds. The minimum Gasteiger partial charge on any atom is -0.398 e. The standard InChI is InChI=1S/C12H15BrN2O3/c13-8-1-2-11(14)10(5-8)12(17)15-3-4-18-9(6-15)7-16/h1-2,5,9,16H,3-4,6-7,14H2. The van der Waals surface area contributed by atoms with Gasteiger partial charge in [-0.15, -0.1) is 0 Å². The normalized spacial score (nSPS) is 19.9. The molecule has 6 heteroatoms. The van der Waals surface area contributed by atoms with Crippen LogP contribution in [0, 0.1) is 0 Å². The van der Waals surface area contributed by atoms with E-state index in [2.05, 4.69) is 15.9 Å². The lowest BCUT2D eigenvalue weighted by atomic mass is 10.1. The average molecular weight is 315 g/mol. The van der Waals surface area contributed by atoms with Crippen LogP contribution in [0.4, 0.5) is 5.69 Å². The summed E-state index contributed by atoms with van der Waals surface area (Å²) >= 11 is 3.32. The summed E-state index contributed by atoms with van der Waals surface area (Å²) < 4.78 is 6.12. The van der Waals surface area contributed by atoms with Crippen LogP contribution in [0.2, 0.25) is 0 Å². The summed E-state index contributed by atoms with van der Waals surface area (Å²) in [4.78, 5) is 14.0. The minimum absolute atomic E-state index is 0.0856. The van der Waals surface area contributed by atoms with Gasteiger partial charge in [0, 0.05) is 23.2 Å². The molecule has 1 aliphatic heterocycles. The fourth-order valence-electron chi connectivity index (χ4n) is 1.90. The lowest BCUT2D eigenvalue weighted by Gasteiger charge is -2.32. The van der Waals surface area contributed by atoms with Gasteiger partial charge >= 0.3 is 0 Å². The van der Waals surface area contributed by atoms with Crippen LogP contribution in [0.5, 0.6) is 0 Å². The Bertz CT molecular complexity index is 453. The molecular weight excluding hydrogens is 300 g/mol. The molecule has 1 unspecified atom stereocenters. The Balaban J connectivity index is 2.17. The molecule has 0 radical (unpaired) electrons. The summed E-state index contributed by atoms with van der Waals surface area (Å²) in [5.41, 5.74) is 6.74. The maximum Gasteiger partial charge on any atom is 0.256 e. The zero-order valence-electron chi connectivity index (χ0n) is 9.80. The average Bonchev–Trinajstić information content (AvgIpc) is 2.41. The van der Waals surface area contributed by atoms with Crippen molar-refractivity contribution in [2.24, 2.45) is 0 Å². The quantitative estimate of drug-likeness (QED) is 0.794. The van der Waals surface area contributed by atoms with Gasteiger partial charge in [-0.05, 0) is 18.2 Å². The molecule has 1 heterocycles. The molecule has 98 valence electrons. The van der Waals surface area contributed by atoms with Crippen molar-refractivity contribution in [3.05, 3.63) is 28.2 Å². The third-order valence-electron chi connectivity index (χ3n) is 2.88. The first kappa shape index (κ1) is 13.3. The Morgan fingerprint density at radius 1 is 1.61 bits per heavy atom. The molecule has 2 rings (SSSR count). The molecule has 1 fully saturated rings. The second-order valence-electron chi connectivity index (χ2n) is 4.16. The fourth-order valence-corrected chi connectivity index (χ4v) is 2.26. The highest BCUT2D eigenvalue weighted by atomic mass is 79.9. The Hall–Kier alpha value is -1.11. The number of benzene rings is 1. The van der Waals surface area contributed by atoms with Crippen molar-refractivity contribution >= 4 is 27.5 Å². The lowest BCUT2D eigenvalue weighted by Crippen LogP contribution is -2.47. The predicted molar refractivity (Wildman–Crippen MR) is 71.3 cm³/mol. The van der Waals surface area contributed by atoms with E-state index in [9.17, 15) is 4.79 Å². The maximum atomic E-state index is 12.3. The van der Waals surface area contributed by atoms with Crippen LogP contribution in [-0.4, -0.2) is 48.3 Å². The summed E-state index contributed by atoms with van der Waals surface area (Å²) in [6, 6.07) is 5.20. The van der Waals surface area contributed by atoms with E-state index in [1.54, 1.807) is 23.1 Å². The summed E-state index contributed by atoms with van der Waals surface area (Å²) in [6.45, 7) is 1.26. The number of hydrogen-bond donors (Lipinski definition) is 2. The molecule has 1 atom stereocenters. The first-order valence-corrected chi connectivity index (χ1v) is 6.48. The number of ether oxygens (including phenoxy) is 1. The molecule has 1 aromatic rings. The van der Waals surface area contributed by atoms with E-state index in [-0.39, 0.29) is 18.6 Å². The van der Waals surface area contributed by atoms with Crippen molar-refractivity contribution in [3.63, 3.8) is 0 Å². The molecule has 0 bridgehead atoms. The van der Waals surface area contributed by atoms with Crippen molar-refractivity contribution in [2.75, 3.05) is 32.0 Å². The van der Waals surface area contributed by atoms with Crippen LogP contribution in [0.1, 0.15) is 10.4 Å². The van der Waals surface area contributed by atoms with Gasteiger partial charge in [-0.2, -0.15) is 0 Å². The molecule has 0 aromatic heterocycles. The number of anilines is 1. The van der Waals surface area contributed by atoms with E-state index in [1.165, 1.54) is 0 Å². The maximum absolute atomic E-state index is 12.3. The molecule has 5 nitrogen and oxygen atoms in total. The summed E-state index contributed by atoms with van der Waals surface area (Å²) in [5, 5.41) is 9.06. The zero-order chi connectivity index (χ0) is 13.1. The summed E-state index contributed by atoms with van der Waals surface area (Å²) in [7, 11) is 0. The van der Waals surface area contributed by atoms with Crippen LogP contribution < -0.4 is 5.73 Å². The van der Waals surface area contributed by atoms with Crippen molar-refractivity contribution in [1.82, 2.24) is 4.90 Å². The molecule has 18 heavy (non-hydrogen) atoms. The largest absolute Gasteiger partial charge is 0.398 e. The van der Waals surface area contributed by atoms with Gasteiger partial charge < -0.3 is 20.5 Å².